The normalized spacial score (nSPS) is 10.5. The van der Waals surface area contributed by atoms with E-state index in [0.717, 1.165) is 34.1 Å². The van der Waals surface area contributed by atoms with Gasteiger partial charge in [0.2, 0.25) is 0 Å². The Labute approximate surface area is 190 Å². The second-order valence-electron chi connectivity index (χ2n) is 7.20. The summed E-state index contributed by atoms with van der Waals surface area (Å²) in [5.74, 6) is 0.200. The van der Waals surface area contributed by atoms with Crippen molar-refractivity contribution in [1.82, 2.24) is 15.0 Å². The summed E-state index contributed by atoms with van der Waals surface area (Å²) in [5, 5.41) is 9.87. The monoisotopic (exact) mass is 444 g/mol. The highest BCUT2D eigenvalue weighted by Crippen LogP contribution is 2.25. The highest BCUT2D eigenvalue weighted by atomic mass is 35.5. The summed E-state index contributed by atoms with van der Waals surface area (Å²) >= 11 is 6.19. The Morgan fingerprint density at radius 1 is 0.781 bits per heavy atom. The van der Waals surface area contributed by atoms with Crippen LogP contribution in [0.1, 0.15) is 21.7 Å². The molecule has 4 aromatic rings. The van der Waals surface area contributed by atoms with Crippen molar-refractivity contribution in [3.8, 4) is 0 Å². The Bertz CT molecular complexity index is 1260. The largest absolute Gasteiger partial charge is 0.355 e. The molecule has 3 N–H and O–H groups in total. The Hall–Kier alpha value is -3.97. The van der Waals surface area contributed by atoms with Crippen LogP contribution < -0.4 is 16.0 Å². The number of carbonyl (C=O) groups is 1. The van der Waals surface area contributed by atoms with Crippen LogP contribution >= 0.6 is 11.6 Å². The summed E-state index contributed by atoms with van der Waals surface area (Å²) < 4.78 is 0. The molecule has 1 amide bonds. The third-order valence-electron chi connectivity index (χ3n) is 4.61. The van der Waals surface area contributed by atoms with Gasteiger partial charge in [0.15, 0.2) is 0 Å². The smallest absolute Gasteiger partial charge is 0.256 e. The number of hydrogen-bond donors (Lipinski definition) is 3. The lowest BCUT2D eigenvalue weighted by molar-refractivity contribution is 0.102. The zero-order valence-electron chi connectivity index (χ0n) is 17.6. The van der Waals surface area contributed by atoms with Crippen molar-refractivity contribution in [3.05, 3.63) is 95.2 Å². The highest BCUT2D eigenvalue weighted by Gasteiger charge is 2.09. The lowest BCUT2D eigenvalue weighted by atomic mass is 10.2. The SMILES string of the molecule is Cc1cc(Nc2ccnc(NC(=O)c3ccc(Nc4cc(C)ncc4Cl)cc3)c2)ccn1. The molecule has 0 aliphatic heterocycles. The number of pyridine rings is 3. The molecule has 7 nitrogen and oxygen atoms in total. The van der Waals surface area contributed by atoms with Crippen molar-refractivity contribution in [1.29, 1.82) is 0 Å². The van der Waals surface area contributed by atoms with Crippen LogP contribution in [0.2, 0.25) is 5.02 Å². The number of aryl methyl sites for hydroxylation is 2. The lowest BCUT2D eigenvalue weighted by Crippen LogP contribution is -2.13. The Kier molecular flexibility index (Phi) is 6.28. The third-order valence-corrected chi connectivity index (χ3v) is 4.91. The van der Waals surface area contributed by atoms with E-state index in [9.17, 15) is 4.79 Å². The minimum absolute atomic E-state index is 0.251. The highest BCUT2D eigenvalue weighted by molar-refractivity contribution is 6.33. The first-order valence-electron chi connectivity index (χ1n) is 9.92. The van der Waals surface area contributed by atoms with E-state index in [0.29, 0.717) is 16.4 Å². The molecule has 0 spiro atoms. The molecule has 0 aliphatic carbocycles. The van der Waals surface area contributed by atoms with Gasteiger partial charge in [-0.1, -0.05) is 11.6 Å². The molecule has 0 bridgehead atoms. The van der Waals surface area contributed by atoms with E-state index in [-0.39, 0.29) is 5.91 Å². The maximum absolute atomic E-state index is 12.7. The lowest BCUT2D eigenvalue weighted by Gasteiger charge is -2.11. The molecule has 0 aliphatic rings. The zero-order chi connectivity index (χ0) is 22.5. The maximum atomic E-state index is 12.7. The summed E-state index contributed by atoms with van der Waals surface area (Å²) in [5.41, 5.74) is 5.57. The number of aromatic nitrogens is 3. The van der Waals surface area contributed by atoms with Crippen molar-refractivity contribution in [2.75, 3.05) is 16.0 Å². The molecular formula is C24H21ClN6O. The molecule has 4 rings (SSSR count). The summed E-state index contributed by atoms with van der Waals surface area (Å²) in [4.78, 5) is 25.2. The number of amides is 1. The van der Waals surface area contributed by atoms with E-state index in [4.69, 9.17) is 11.6 Å². The second-order valence-corrected chi connectivity index (χ2v) is 7.61. The van der Waals surface area contributed by atoms with E-state index in [2.05, 4.69) is 30.9 Å². The second kappa shape index (κ2) is 9.45. The van der Waals surface area contributed by atoms with Crippen molar-refractivity contribution in [2.24, 2.45) is 0 Å². The van der Waals surface area contributed by atoms with Crippen LogP contribution in [0.25, 0.3) is 0 Å². The van der Waals surface area contributed by atoms with E-state index in [1.165, 1.54) is 0 Å². The number of rotatable bonds is 6. The molecule has 0 unspecified atom stereocenters. The molecule has 160 valence electrons. The fraction of sp³-hybridized carbons (Fsp3) is 0.0833. The van der Waals surface area contributed by atoms with Gasteiger partial charge < -0.3 is 16.0 Å². The van der Waals surface area contributed by atoms with E-state index in [1.54, 1.807) is 36.8 Å². The maximum Gasteiger partial charge on any atom is 0.256 e. The van der Waals surface area contributed by atoms with Crippen LogP contribution in [-0.2, 0) is 0 Å². The van der Waals surface area contributed by atoms with Crippen molar-refractivity contribution < 1.29 is 4.79 Å². The summed E-state index contributed by atoms with van der Waals surface area (Å²) in [7, 11) is 0. The molecule has 0 fully saturated rings. The number of anilines is 5. The van der Waals surface area contributed by atoms with Gasteiger partial charge >= 0.3 is 0 Å². The van der Waals surface area contributed by atoms with Crippen LogP contribution in [0.15, 0.2) is 73.2 Å². The molecule has 32 heavy (non-hydrogen) atoms. The van der Waals surface area contributed by atoms with E-state index < -0.39 is 0 Å². The zero-order valence-corrected chi connectivity index (χ0v) is 18.3. The van der Waals surface area contributed by atoms with Crippen LogP contribution in [0.4, 0.5) is 28.6 Å². The van der Waals surface area contributed by atoms with Crippen LogP contribution in [-0.4, -0.2) is 20.9 Å². The van der Waals surface area contributed by atoms with Gasteiger partial charge in [-0.25, -0.2) is 4.98 Å². The van der Waals surface area contributed by atoms with Gasteiger partial charge in [0.25, 0.3) is 5.91 Å². The summed E-state index contributed by atoms with van der Waals surface area (Å²) in [6.07, 6.45) is 4.98. The number of halogens is 1. The van der Waals surface area contributed by atoms with Crippen LogP contribution in [0.3, 0.4) is 0 Å². The molecule has 3 heterocycles. The summed E-state index contributed by atoms with van der Waals surface area (Å²) in [6, 6.07) is 16.4. The first-order chi connectivity index (χ1) is 15.5. The number of nitrogens with one attached hydrogen (secondary N) is 3. The average Bonchev–Trinajstić information content (AvgIpc) is 2.77. The number of benzene rings is 1. The van der Waals surface area contributed by atoms with Crippen LogP contribution in [0.5, 0.6) is 0 Å². The Morgan fingerprint density at radius 3 is 2.22 bits per heavy atom. The van der Waals surface area contributed by atoms with Crippen molar-refractivity contribution in [2.45, 2.75) is 13.8 Å². The molecular weight excluding hydrogens is 424 g/mol. The number of hydrogen-bond acceptors (Lipinski definition) is 6. The molecule has 0 saturated heterocycles. The van der Waals surface area contributed by atoms with E-state index >= 15 is 0 Å². The first kappa shape index (κ1) is 21.3. The molecule has 1 aromatic carbocycles. The molecule has 0 saturated carbocycles. The minimum atomic E-state index is -0.251. The summed E-state index contributed by atoms with van der Waals surface area (Å²) in [6.45, 7) is 3.82. The first-order valence-corrected chi connectivity index (χ1v) is 10.3. The van der Waals surface area contributed by atoms with Crippen LogP contribution in [0, 0.1) is 13.8 Å². The minimum Gasteiger partial charge on any atom is -0.355 e. The molecule has 0 radical (unpaired) electrons. The molecule has 8 heteroatoms. The Morgan fingerprint density at radius 2 is 1.47 bits per heavy atom. The van der Waals surface area contributed by atoms with Crippen molar-refractivity contribution in [3.63, 3.8) is 0 Å². The molecule has 3 aromatic heterocycles. The third kappa shape index (κ3) is 5.39. The predicted octanol–water partition coefficient (Wildman–Crippen LogP) is 5.88. The van der Waals surface area contributed by atoms with Gasteiger partial charge in [-0.2, -0.15) is 0 Å². The topological polar surface area (TPSA) is 91.8 Å². The van der Waals surface area contributed by atoms with Gasteiger partial charge in [0.05, 0.1) is 10.7 Å². The van der Waals surface area contributed by atoms with Crippen molar-refractivity contribution >= 4 is 46.1 Å². The van der Waals surface area contributed by atoms with Gasteiger partial charge in [-0.3, -0.25) is 14.8 Å². The average molecular weight is 445 g/mol. The number of carbonyl (C=O) groups excluding carboxylic acids is 1. The quantitative estimate of drug-likeness (QED) is 0.344. The molecule has 0 atom stereocenters. The van der Waals surface area contributed by atoms with Gasteiger partial charge in [-0.15, -0.1) is 0 Å². The van der Waals surface area contributed by atoms with Gasteiger partial charge in [0.1, 0.15) is 5.82 Å². The fourth-order valence-corrected chi connectivity index (χ4v) is 3.21. The van der Waals surface area contributed by atoms with Gasteiger partial charge in [0, 0.05) is 58.7 Å². The standard InChI is InChI=1S/C24H21ClN6O/c1-15-11-19(7-9-26-15)29-20-8-10-27-23(13-20)31-24(32)17-3-5-18(6-4-17)30-22-12-16(2)28-14-21(22)25/h3-14H,1-2H3,(H,28,30)(H2,26,27,29,31,32). The number of nitrogens with zero attached hydrogens (tertiary/aromatic N) is 3. The Balaban J connectivity index is 1.42. The fourth-order valence-electron chi connectivity index (χ4n) is 3.05. The predicted molar refractivity (Wildman–Crippen MR) is 128 cm³/mol. The van der Waals surface area contributed by atoms with E-state index in [1.807, 2.05) is 50.2 Å². The van der Waals surface area contributed by atoms with Gasteiger partial charge in [-0.05, 0) is 62.4 Å².